The molecule has 3 N–H and O–H groups in total. The fraction of sp³-hybridized carbons (Fsp3) is 0.364. The van der Waals surface area contributed by atoms with Gasteiger partial charge in [0.25, 0.3) is 0 Å². The van der Waals surface area contributed by atoms with Crippen molar-refractivity contribution in [2.45, 2.75) is 44.3 Å². The summed E-state index contributed by atoms with van der Waals surface area (Å²) in [5, 5.41) is 7.21. The lowest BCUT2D eigenvalue weighted by Crippen LogP contribution is -2.49. The Kier molecular flexibility index (Phi) is 6.04. The summed E-state index contributed by atoms with van der Waals surface area (Å²) in [6.45, 7) is 0.462. The van der Waals surface area contributed by atoms with Gasteiger partial charge in [-0.25, -0.2) is 9.78 Å². The number of anilines is 1. The zero-order valence-electron chi connectivity index (χ0n) is 17.1. The van der Waals surface area contributed by atoms with Crippen LogP contribution in [0.3, 0.4) is 0 Å². The van der Waals surface area contributed by atoms with Crippen LogP contribution < -0.4 is 16.0 Å². The van der Waals surface area contributed by atoms with Gasteiger partial charge in [0.1, 0.15) is 0 Å². The number of nitrogens with two attached hydrogens (primary N) is 1. The summed E-state index contributed by atoms with van der Waals surface area (Å²) < 4.78 is 1.72. The molecule has 2 aromatic heterocycles. The lowest BCUT2D eigenvalue weighted by Gasteiger charge is -2.35. The highest BCUT2D eigenvalue weighted by atomic mass is 16.2. The Morgan fingerprint density at radius 2 is 1.90 bits per heavy atom. The molecule has 8 nitrogen and oxygen atoms in total. The molecule has 1 aromatic carbocycles. The molecule has 2 amide bonds. The number of rotatable bonds is 5. The first kappa shape index (κ1) is 20.0. The van der Waals surface area contributed by atoms with Gasteiger partial charge in [-0.1, -0.05) is 30.3 Å². The third-order valence-electron chi connectivity index (χ3n) is 5.50. The highest BCUT2D eigenvalue weighted by molar-refractivity contribution is 5.91. The van der Waals surface area contributed by atoms with E-state index in [4.69, 9.17) is 5.73 Å². The van der Waals surface area contributed by atoms with Crippen LogP contribution in [0.5, 0.6) is 0 Å². The number of urea groups is 1. The van der Waals surface area contributed by atoms with Crippen molar-refractivity contribution in [1.82, 2.24) is 25.1 Å². The summed E-state index contributed by atoms with van der Waals surface area (Å²) in [5.74, 6) is 0.550. The maximum Gasteiger partial charge on any atom is 0.323 e. The molecule has 3 aromatic rings. The third-order valence-corrected chi connectivity index (χ3v) is 5.50. The minimum atomic E-state index is -0.164. The van der Waals surface area contributed by atoms with Crippen LogP contribution in [0.2, 0.25) is 0 Å². The minimum Gasteiger partial charge on any atom is -0.334 e. The average molecular weight is 406 g/mol. The first-order valence-electron chi connectivity index (χ1n) is 10.3. The van der Waals surface area contributed by atoms with Crippen LogP contribution in [-0.4, -0.2) is 37.9 Å². The molecule has 8 heteroatoms. The molecule has 1 aliphatic carbocycles. The van der Waals surface area contributed by atoms with Gasteiger partial charge in [-0.05, 0) is 31.2 Å². The van der Waals surface area contributed by atoms with E-state index >= 15 is 0 Å². The SMILES string of the molecule is Cn1cc(-c2cnc(N(C(=O)NCc3ccccc3)[C@H]3CC[C@H](N)CC3)cn2)cn1. The van der Waals surface area contributed by atoms with Crippen LogP contribution in [-0.2, 0) is 13.6 Å². The van der Waals surface area contributed by atoms with Crippen LogP contribution >= 0.6 is 0 Å². The lowest BCUT2D eigenvalue weighted by molar-refractivity contribution is 0.239. The number of carbonyl (C=O) groups is 1. The van der Waals surface area contributed by atoms with Crippen molar-refractivity contribution in [2.75, 3.05) is 4.90 Å². The normalized spacial score (nSPS) is 18.7. The van der Waals surface area contributed by atoms with Crippen LogP contribution in [0.4, 0.5) is 10.6 Å². The van der Waals surface area contributed by atoms with Gasteiger partial charge in [-0.15, -0.1) is 0 Å². The smallest absolute Gasteiger partial charge is 0.323 e. The first-order valence-corrected chi connectivity index (χ1v) is 10.3. The van der Waals surface area contributed by atoms with Crippen LogP contribution in [0.25, 0.3) is 11.3 Å². The van der Waals surface area contributed by atoms with Gasteiger partial charge in [0, 0.05) is 37.4 Å². The second-order valence-corrected chi connectivity index (χ2v) is 7.75. The van der Waals surface area contributed by atoms with Crippen molar-refractivity contribution in [1.29, 1.82) is 0 Å². The van der Waals surface area contributed by atoms with E-state index in [0.29, 0.717) is 12.4 Å². The van der Waals surface area contributed by atoms with E-state index in [1.807, 2.05) is 43.6 Å². The number of hydrogen-bond donors (Lipinski definition) is 2. The topological polar surface area (TPSA) is 102 Å². The van der Waals surface area contributed by atoms with Crippen LogP contribution in [0, 0.1) is 0 Å². The summed E-state index contributed by atoms with van der Waals surface area (Å²) in [6.07, 6.45) is 10.5. The highest BCUT2D eigenvalue weighted by Gasteiger charge is 2.30. The number of carbonyl (C=O) groups excluding carboxylic acids is 1. The lowest BCUT2D eigenvalue weighted by atomic mass is 9.91. The number of nitrogens with zero attached hydrogens (tertiary/aromatic N) is 5. The Morgan fingerprint density at radius 1 is 1.13 bits per heavy atom. The molecule has 0 saturated heterocycles. The Hall–Kier alpha value is -3.26. The van der Waals surface area contributed by atoms with Crippen molar-refractivity contribution < 1.29 is 4.79 Å². The molecular weight excluding hydrogens is 378 g/mol. The average Bonchev–Trinajstić information content (AvgIpc) is 3.21. The van der Waals surface area contributed by atoms with Crippen molar-refractivity contribution in [3.63, 3.8) is 0 Å². The van der Waals surface area contributed by atoms with Crippen molar-refractivity contribution in [2.24, 2.45) is 12.8 Å². The molecule has 0 atom stereocenters. The molecule has 2 heterocycles. The second kappa shape index (κ2) is 9.04. The molecule has 0 spiro atoms. The van der Waals surface area contributed by atoms with Crippen LogP contribution in [0.15, 0.2) is 55.1 Å². The van der Waals surface area contributed by atoms with Crippen molar-refractivity contribution in [3.05, 3.63) is 60.7 Å². The van der Waals surface area contributed by atoms with E-state index in [-0.39, 0.29) is 18.1 Å². The fourth-order valence-corrected chi connectivity index (χ4v) is 3.82. The Morgan fingerprint density at radius 3 is 2.53 bits per heavy atom. The standard InChI is InChI=1S/C22H27N7O/c1-28-15-17(12-27-28)20-13-25-21(14-24-20)29(19-9-7-18(23)8-10-19)22(30)26-11-16-5-3-2-4-6-16/h2-6,12-15,18-19H,7-11,23H2,1H3,(H,26,30)/t18-,19-. The summed E-state index contributed by atoms with van der Waals surface area (Å²) in [7, 11) is 1.86. The minimum absolute atomic E-state index is 0.0547. The maximum atomic E-state index is 13.2. The quantitative estimate of drug-likeness (QED) is 0.680. The zero-order valence-corrected chi connectivity index (χ0v) is 17.1. The Labute approximate surface area is 176 Å². The molecule has 4 rings (SSSR count). The predicted molar refractivity (Wildman–Crippen MR) is 116 cm³/mol. The monoisotopic (exact) mass is 405 g/mol. The van der Waals surface area contributed by atoms with Crippen molar-refractivity contribution >= 4 is 11.8 Å². The largest absolute Gasteiger partial charge is 0.334 e. The zero-order chi connectivity index (χ0) is 20.9. The molecule has 0 unspecified atom stereocenters. The van der Waals surface area contributed by atoms with Gasteiger partial charge in [-0.3, -0.25) is 14.6 Å². The number of nitrogens with one attached hydrogen (secondary N) is 1. The number of amides is 2. The molecular formula is C22H27N7O. The molecule has 1 saturated carbocycles. The molecule has 0 bridgehead atoms. The van der Waals surface area contributed by atoms with Crippen LogP contribution in [0.1, 0.15) is 31.2 Å². The highest BCUT2D eigenvalue weighted by Crippen LogP contribution is 2.27. The summed E-state index contributed by atoms with van der Waals surface area (Å²) >= 11 is 0. The second-order valence-electron chi connectivity index (χ2n) is 7.75. The first-order chi connectivity index (χ1) is 14.6. The fourth-order valence-electron chi connectivity index (χ4n) is 3.82. The molecule has 1 aliphatic rings. The van der Waals surface area contributed by atoms with E-state index in [0.717, 1.165) is 42.5 Å². The predicted octanol–water partition coefficient (Wildman–Crippen LogP) is 2.86. The molecule has 1 fully saturated rings. The Bertz CT molecular complexity index is 963. The molecule has 30 heavy (non-hydrogen) atoms. The van der Waals surface area contributed by atoms with Gasteiger partial charge < -0.3 is 11.1 Å². The summed E-state index contributed by atoms with van der Waals surface area (Å²) in [5.41, 5.74) is 8.74. The number of aryl methyl sites for hydroxylation is 1. The van der Waals surface area contributed by atoms with E-state index in [9.17, 15) is 4.79 Å². The van der Waals surface area contributed by atoms with Crippen molar-refractivity contribution in [3.8, 4) is 11.3 Å². The number of aromatic nitrogens is 4. The maximum absolute atomic E-state index is 13.2. The summed E-state index contributed by atoms with van der Waals surface area (Å²) in [6, 6.07) is 9.97. The number of hydrogen-bond acceptors (Lipinski definition) is 5. The molecule has 156 valence electrons. The Balaban J connectivity index is 1.54. The summed E-state index contributed by atoms with van der Waals surface area (Å²) in [4.78, 5) is 24.0. The van der Waals surface area contributed by atoms with Gasteiger partial charge in [0.15, 0.2) is 5.82 Å². The molecule has 0 radical (unpaired) electrons. The van der Waals surface area contributed by atoms with Gasteiger partial charge >= 0.3 is 6.03 Å². The molecule has 0 aliphatic heterocycles. The van der Waals surface area contributed by atoms with E-state index < -0.39 is 0 Å². The van der Waals surface area contributed by atoms with Gasteiger partial charge in [0.05, 0.1) is 24.3 Å². The van der Waals surface area contributed by atoms with E-state index in [1.165, 1.54) is 0 Å². The van der Waals surface area contributed by atoms with Gasteiger partial charge in [-0.2, -0.15) is 5.10 Å². The van der Waals surface area contributed by atoms with Gasteiger partial charge in [0.2, 0.25) is 0 Å². The van der Waals surface area contributed by atoms with E-state index in [1.54, 1.807) is 28.2 Å². The number of benzene rings is 1. The van der Waals surface area contributed by atoms with E-state index in [2.05, 4.69) is 20.4 Å². The third kappa shape index (κ3) is 4.65.